The molecule has 4 rings (SSSR count). The summed E-state index contributed by atoms with van der Waals surface area (Å²) in [4.78, 5) is 27.4. The predicted molar refractivity (Wildman–Crippen MR) is 117 cm³/mol. The molecule has 8 heteroatoms. The standard InChI is InChI=1S/C23H25FN6O/c1-16(31)25-11-12-27-22-19-15-30(14-17-5-7-18(24)8-6-17)13-9-20(19)28-23(29-22)21-4-2-3-10-26-21/h2-8,10H,9,11-15H2,1H3,(H,25,31)(H,27,28,29). The largest absolute Gasteiger partial charge is 0.368 e. The number of benzene rings is 1. The second-order valence-electron chi connectivity index (χ2n) is 7.53. The van der Waals surface area contributed by atoms with Gasteiger partial charge in [0.15, 0.2) is 5.82 Å². The average Bonchev–Trinajstić information content (AvgIpc) is 2.78. The van der Waals surface area contributed by atoms with Gasteiger partial charge in [0.1, 0.15) is 17.3 Å². The molecular weight excluding hydrogens is 395 g/mol. The minimum absolute atomic E-state index is 0.0637. The van der Waals surface area contributed by atoms with Crippen molar-refractivity contribution in [2.75, 3.05) is 25.0 Å². The highest BCUT2D eigenvalue weighted by molar-refractivity contribution is 5.72. The van der Waals surface area contributed by atoms with Gasteiger partial charge in [0.25, 0.3) is 0 Å². The Labute approximate surface area is 180 Å². The molecule has 2 N–H and O–H groups in total. The molecule has 0 unspecified atom stereocenters. The molecule has 3 heterocycles. The second-order valence-corrected chi connectivity index (χ2v) is 7.53. The zero-order chi connectivity index (χ0) is 21.6. The lowest BCUT2D eigenvalue weighted by atomic mass is 10.0. The summed E-state index contributed by atoms with van der Waals surface area (Å²) in [7, 11) is 0. The van der Waals surface area contributed by atoms with Gasteiger partial charge < -0.3 is 10.6 Å². The summed E-state index contributed by atoms with van der Waals surface area (Å²) in [6, 6.07) is 12.3. The van der Waals surface area contributed by atoms with Crippen molar-refractivity contribution in [1.82, 2.24) is 25.2 Å². The molecule has 0 saturated heterocycles. The third-order valence-corrected chi connectivity index (χ3v) is 5.14. The topological polar surface area (TPSA) is 83.0 Å². The van der Waals surface area contributed by atoms with E-state index in [1.165, 1.54) is 19.1 Å². The molecule has 7 nitrogen and oxygen atoms in total. The van der Waals surface area contributed by atoms with Crippen LogP contribution in [0.2, 0.25) is 0 Å². The van der Waals surface area contributed by atoms with Crippen LogP contribution in [0.25, 0.3) is 11.5 Å². The normalized spacial score (nSPS) is 13.5. The summed E-state index contributed by atoms with van der Waals surface area (Å²) in [6.07, 6.45) is 2.52. The maximum atomic E-state index is 13.2. The number of anilines is 1. The van der Waals surface area contributed by atoms with Crippen LogP contribution in [0.3, 0.4) is 0 Å². The smallest absolute Gasteiger partial charge is 0.216 e. The van der Waals surface area contributed by atoms with E-state index in [1.54, 1.807) is 6.20 Å². The van der Waals surface area contributed by atoms with Crippen LogP contribution < -0.4 is 10.6 Å². The van der Waals surface area contributed by atoms with E-state index in [-0.39, 0.29) is 11.7 Å². The van der Waals surface area contributed by atoms with Crippen LogP contribution in [0.1, 0.15) is 23.7 Å². The average molecular weight is 420 g/mol. The second kappa shape index (κ2) is 9.61. The van der Waals surface area contributed by atoms with Crippen molar-refractivity contribution in [3.63, 3.8) is 0 Å². The molecule has 0 radical (unpaired) electrons. The van der Waals surface area contributed by atoms with E-state index in [4.69, 9.17) is 9.97 Å². The Morgan fingerprint density at radius 3 is 2.71 bits per heavy atom. The van der Waals surface area contributed by atoms with E-state index >= 15 is 0 Å². The molecule has 0 bridgehead atoms. The minimum Gasteiger partial charge on any atom is -0.368 e. The molecule has 31 heavy (non-hydrogen) atoms. The third kappa shape index (κ3) is 5.40. The van der Waals surface area contributed by atoms with Gasteiger partial charge in [-0.15, -0.1) is 0 Å². The first-order chi connectivity index (χ1) is 15.1. The highest BCUT2D eigenvalue weighted by atomic mass is 19.1. The summed E-state index contributed by atoms with van der Waals surface area (Å²) >= 11 is 0. The fraction of sp³-hybridized carbons (Fsp3) is 0.304. The predicted octanol–water partition coefficient (Wildman–Crippen LogP) is 2.78. The highest BCUT2D eigenvalue weighted by Gasteiger charge is 2.23. The van der Waals surface area contributed by atoms with Crippen molar-refractivity contribution in [1.29, 1.82) is 0 Å². The maximum absolute atomic E-state index is 13.2. The van der Waals surface area contributed by atoms with E-state index in [1.807, 2.05) is 30.3 Å². The molecule has 0 saturated carbocycles. The van der Waals surface area contributed by atoms with Crippen molar-refractivity contribution < 1.29 is 9.18 Å². The number of halogens is 1. The van der Waals surface area contributed by atoms with Crippen molar-refractivity contribution in [2.45, 2.75) is 26.4 Å². The minimum atomic E-state index is -0.228. The number of carbonyl (C=O) groups is 1. The van der Waals surface area contributed by atoms with Gasteiger partial charge in [-0.2, -0.15) is 0 Å². The molecule has 0 fully saturated rings. The van der Waals surface area contributed by atoms with Crippen LogP contribution in [0, 0.1) is 5.82 Å². The zero-order valence-corrected chi connectivity index (χ0v) is 17.4. The van der Waals surface area contributed by atoms with Gasteiger partial charge in [-0.25, -0.2) is 14.4 Å². The lowest BCUT2D eigenvalue weighted by molar-refractivity contribution is -0.118. The molecule has 2 aromatic heterocycles. The Hall–Kier alpha value is -3.39. The van der Waals surface area contributed by atoms with E-state index in [0.717, 1.165) is 47.8 Å². The number of amides is 1. The number of nitrogens with one attached hydrogen (secondary N) is 2. The third-order valence-electron chi connectivity index (χ3n) is 5.14. The van der Waals surface area contributed by atoms with Crippen LogP contribution >= 0.6 is 0 Å². The van der Waals surface area contributed by atoms with Crippen LogP contribution in [0.15, 0.2) is 48.7 Å². The number of nitrogens with zero attached hydrogens (tertiary/aromatic N) is 4. The van der Waals surface area contributed by atoms with Crippen molar-refractivity contribution in [2.24, 2.45) is 0 Å². The lowest BCUT2D eigenvalue weighted by Crippen LogP contribution is -2.32. The number of aromatic nitrogens is 3. The number of fused-ring (bicyclic) bond motifs is 1. The maximum Gasteiger partial charge on any atom is 0.216 e. The summed E-state index contributed by atoms with van der Waals surface area (Å²) in [5.41, 5.74) is 3.85. The fourth-order valence-corrected chi connectivity index (χ4v) is 3.63. The first-order valence-electron chi connectivity index (χ1n) is 10.3. The summed E-state index contributed by atoms with van der Waals surface area (Å²) in [5, 5.41) is 6.15. The SMILES string of the molecule is CC(=O)NCCNc1nc(-c2ccccn2)nc2c1CN(Cc1ccc(F)cc1)CC2. The Bertz CT molecular complexity index is 1040. The number of rotatable bonds is 7. The molecule has 1 aromatic carbocycles. The molecular formula is C23H25FN6O. The van der Waals surface area contributed by atoms with Crippen molar-refractivity contribution >= 4 is 11.7 Å². The Morgan fingerprint density at radius 1 is 1.13 bits per heavy atom. The monoisotopic (exact) mass is 420 g/mol. The van der Waals surface area contributed by atoms with Crippen molar-refractivity contribution in [3.05, 3.63) is 71.3 Å². The van der Waals surface area contributed by atoms with Gasteiger partial charge in [-0.3, -0.25) is 14.7 Å². The molecule has 0 spiro atoms. The van der Waals surface area contributed by atoms with Crippen LogP contribution in [-0.2, 0) is 24.3 Å². The molecule has 0 atom stereocenters. The first-order valence-corrected chi connectivity index (χ1v) is 10.3. The fourth-order valence-electron chi connectivity index (χ4n) is 3.63. The van der Waals surface area contributed by atoms with Crippen LogP contribution in [0.4, 0.5) is 10.2 Å². The Morgan fingerprint density at radius 2 is 1.97 bits per heavy atom. The number of carbonyl (C=O) groups excluding carboxylic acids is 1. The van der Waals surface area contributed by atoms with Gasteiger partial charge in [-0.1, -0.05) is 18.2 Å². The van der Waals surface area contributed by atoms with Gasteiger partial charge in [-0.05, 0) is 29.8 Å². The Balaban J connectivity index is 1.57. The summed E-state index contributed by atoms with van der Waals surface area (Å²) < 4.78 is 13.2. The van der Waals surface area contributed by atoms with Gasteiger partial charge in [0.2, 0.25) is 5.91 Å². The van der Waals surface area contributed by atoms with Gasteiger partial charge in [0.05, 0.1) is 5.69 Å². The Kier molecular flexibility index (Phi) is 6.47. The summed E-state index contributed by atoms with van der Waals surface area (Å²) in [6.45, 7) is 4.84. The van der Waals surface area contributed by atoms with E-state index in [2.05, 4.69) is 20.5 Å². The molecule has 3 aromatic rings. The van der Waals surface area contributed by atoms with Crippen LogP contribution in [-0.4, -0.2) is 45.4 Å². The zero-order valence-electron chi connectivity index (χ0n) is 17.4. The lowest BCUT2D eigenvalue weighted by Gasteiger charge is -2.29. The summed E-state index contributed by atoms with van der Waals surface area (Å²) in [5.74, 6) is 1.06. The highest BCUT2D eigenvalue weighted by Crippen LogP contribution is 2.27. The first kappa shape index (κ1) is 20.9. The molecule has 160 valence electrons. The molecule has 1 amide bonds. The van der Waals surface area contributed by atoms with Crippen LogP contribution in [0.5, 0.6) is 0 Å². The van der Waals surface area contributed by atoms with Gasteiger partial charge in [0, 0.05) is 57.8 Å². The van der Waals surface area contributed by atoms with E-state index < -0.39 is 0 Å². The van der Waals surface area contributed by atoms with E-state index in [0.29, 0.717) is 25.5 Å². The molecule has 1 aliphatic heterocycles. The number of pyridine rings is 1. The molecule has 1 aliphatic rings. The van der Waals surface area contributed by atoms with Crippen molar-refractivity contribution in [3.8, 4) is 11.5 Å². The quantitative estimate of drug-likeness (QED) is 0.572. The van der Waals surface area contributed by atoms with Gasteiger partial charge >= 0.3 is 0 Å². The van der Waals surface area contributed by atoms with E-state index in [9.17, 15) is 9.18 Å². The number of hydrogen-bond acceptors (Lipinski definition) is 6. The molecule has 0 aliphatic carbocycles. The number of hydrogen-bond donors (Lipinski definition) is 2.